The van der Waals surface area contributed by atoms with Gasteiger partial charge in [0.15, 0.2) is 0 Å². The van der Waals surface area contributed by atoms with E-state index >= 15 is 0 Å². The molecule has 1 aliphatic heterocycles. The third kappa shape index (κ3) is 7.60. The Morgan fingerprint density at radius 2 is 2.00 bits per heavy atom. The molecule has 0 radical (unpaired) electrons. The highest BCUT2D eigenvalue weighted by molar-refractivity contribution is 7.90. The van der Waals surface area contributed by atoms with E-state index in [4.69, 9.17) is 0 Å². The number of nitrogens with zero attached hydrogens (tertiary/aromatic N) is 1. The summed E-state index contributed by atoms with van der Waals surface area (Å²) < 4.78 is 27.6. The van der Waals surface area contributed by atoms with Gasteiger partial charge in [0.2, 0.25) is 5.91 Å². The second-order valence-electron chi connectivity index (χ2n) is 7.48. The van der Waals surface area contributed by atoms with Crippen LogP contribution in [0.4, 0.5) is 0 Å². The summed E-state index contributed by atoms with van der Waals surface area (Å²) in [6.45, 7) is 6.18. The molecule has 3 N–H and O–H groups in total. The van der Waals surface area contributed by atoms with Crippen molar-refractivity contribution in [1.82, 2.24) is 14.9 Å². The van der Waals surface area contributed by atoms with E-state index in [9.17, 15) is 27.9 Å². The van der Waals surface area contributed by atoms with Gasteiger partial charge in [0, 0.05) is 31.6 Å². The number of benzene rings is 1. The molecule has 1 heterocycles. The number of aliphatic carboxylic acids is 1. The van der Waals surface area contributed by atoms with Gasteiger partial charge in [0.05, 0.1) is 4.90 Å². The highest BCUT2D eigenvalue weighted by Crippen LogP contribution is 2.18. The molecular weight excluding hydrogens is 446 g/mol. The monoisotopic (exact) mass is 475 g/mol. The van der Waals surface area contributed by atoms with E-state index in [0.29, 0.717) is 37.9 Å². The number of nitrogens with one attached hydrogen (secondary N) is 2. The van der Waals surface area contributed by atoms with Crippen molar-refractivity contribution in [2.45, 2.75) is 37.5 Å². The van der Waals surface area contributed by atoms with Crippen LogP contribution in [0.2, 0.25) is 0 Å². The number of carbonyl (C=O) groups is 3. The molecule has 0 spiro atoms. The number of hydrogen-bond acceptors (Lipinski definition) is 6. The van der Waals surface area contributed by atoms with Crippen LogP contribution in [0.25, 0.3) is 0 Å². The number of allylic oxidation sites excluding steroid dienone is 2. The van der Waals surface area contributed by atoms with E-state index in [1.165, 1.54) is 29.2 Å². The minimum atomic E-state index is -4.15. The summed E-state index contributed by atoms with van der Waals surface area (Å²) in [5.74, 6) is -2.02. The van der Waals surface area contributed by atoms with Crippen LogP contribution >= 0.6 is 0 Å². The number of hydrogen-bond donors (Lipinski definition) is 3. The summed E-state index contributed by atoms with van der Waals surface area (Å²) in [6, 6.07) is 6.14. The summed E-state index contributed by atoms with van der Waals surface area (Å²) in [6.07, 6.45) is 6.35. The molecule has 0 aromatic heterocycles. The molecular formula is C23H29N3O6S. The molecule has 178 valence electrons. The molecule has 2 rings (SSSR count). The van der Waals surface area contributed by atoms with Crippen molar-refractivity contribution in [2.75, 3.05) is 19.6 Å². The first kappa shape index (κ1) is 25.9. The summed E-state index contributed by atoms with van der Waals surface area (Å²) >= 11 is 0. The molecule has 9 nitrogen and oxygen atoms in total. The first-order chi connectivity index (χ1) is 15.7. The zero-order valence-electron chi connectivity index (χ0n) is 18.5. The fourth-order valence-corrected chi connectivity index (χ4v) is 4.26. The second-order valence-corrected chi connectivity index (χ2v) is 9.16. The minimum absolute atomic E-state index is 0.0231. The third-order valence-corrected chi connectivity index (χ3v) is 6.24. The second kappa shape index (κ2) is 12.0. The van der Waals surface area contributed by atoms with Gasteiger partial charge in [-0.15, -0.1) is 6.58 Å². The van der Waals surface area contributed by atoms with Crippen LogP contribution in [0.1, 0.15) is 31.7 Å². The van der Waals surface area contributed by atoms with Crippen molar-refractivity contribution >= 4 is 27.8 Å². The zero-order valence-corrected chi connectivity index (χ0v) is 19.4. The maximum Gasteiger partial charge on any atom is 0.352 e. The van der Waals surface area contributed by atoms with E-state index in [-0.39, 0.29) is 28.6 Å². The molecule has 0 aliphatic carbocycles. The van der Waals surface area contributed by atoms with Gasteiger partial charge in [0.1, 0.15) is 5.70 Å². The Kier molecular flexibility index (Phi) is 9.41. The van der Waals surface area contributed by atoms with Crippen molar-refractivity contribution in [1.29, 1.82) is 0 Å². The fourth-order valence-electron chi connectivity index (χ4n) is 3.21. The van der Waals surface area contributed by atoms with Gasteiger partial charge < -0.3 is 15.3 Å². The first-order valence-electron chi connectivity index (χ1n) is 10.6. The van der Waals surface area contributed by atoms with Crippen LogP contribution in [0.5, 0.6) is 0 Å². The SMILES string of the molecule is C=CCCN1CC(C(=O)NS(=O)(=O)c2cccc(CCNC(=O)CCC)c2)=CC=C1C(=O)O. The van der Waals surface area contributed by atoms with E-state index in [1.54, 1.807) is 18.2 Å². The normalized spacial score (nSPS) is 13.5. The Bertz CT molecular complexity index is 1080. The van der Waals surface area contributed by atoms with Gasteiger partial charge in [-0.1, -0.05) is 25.1 Å². The molecule has 0 unspecified atom stereocenters. The maximum absolute atomic E-state index is 12.8. The molecule has 2 amide bonds. The van der Waals surface area contributed by atoms with Gasteiger partial charge >= 0.3 is 5.97 Å². The van der Waals surface area contributed by atoms with E-state index in [1.807, 2.05) is 6.92 Å². The first-order valence-corrected chi connectivity index (χ1v) is 12.1. The summed E-state index contributed by atoms with van der Waals surface area (Å²) in [5.41, 5.74) is 0.848. The lowest BCUT2D eigenvalue weighted by Gasteiger charge is -2.28. The lowest BCUT2D eigenvalue weighted by Crippen LogP contribution is -2.39. The Labute approximate surface area is 193 Å². The standard InChI is InChI=1S/C23H29N3O6S/c1-3-5-14-26-16-18(10-11-20(26)23(29)30)22(28)25-33(31,32)19-9-6-8-17(15-19)12-13-24-21(27)7-4-2/h3,6,8-11,15H,1,4-5,7,12-14,16H2,2H3,(H,24,27)(H,25,28)(H,29,30). The maximum atomic E-state index is 12.8. The fraction of sp³-hybridized carbons (Fsp3) is 0.348. The predicted octanol–water partition coefficient (Wildman–Crippen LogP) is 1.74. The summed E-state index contributed by atoms with van der Waals surface area (Å²) in [5, 5.41) is 12.1. The molecule has 1 aromatic rings. The van der Waals surface area contributed by atoms with Gasteiger partial charge in [-0.2, -0.15) is 0 Å². The minimum Gasteiger partial charge on any atom is -0.477 e. The average molecular weight is 476 g/mol. The molecule has 10 heteroatoms. The van der Waals surface area contributed by atoms with Crippen LogP contribution in [-0.4, -0.2) is 55.8 Å². The molecule has 0 atom stereocenters. The zero-order chi connectivity index (χ0) is 24.4. The molecule has 0 fully saturated rings. The lowest BCUT2D eigenvalue weighted by molar-refractivity contribution is -0.134. The number of carboxylic acid groups (broad SMARTS) is 1. The number of carbonyl (C=O) groups excluding carboxylic acids is 2. The van der Waals surface area contributed by atoms with E-state index < -0.39 is 21.9 Å². The topological polar surface area (TPSA) is 133 Å². The predicted molar refractivity (Wildman–Crippen MR) is 124 cm³/mol. The molecule has 0 bridgehead atoms. The van der Waals surface area contributed by atoms with Crippen molar-refractivity contribution in [3.8, 4) is 0 Å². The van der Waals surface area contributed by atoms with Crippen molar-refractivity contribution in [3.63, 3.8) is 0 Å². The van der Waals surface area contributed by atoms with Crippen LogP contribution in [0.3, 0.4) is 0 Å². The van der Waals surface area contributed by atoms with Gasteiger partial charge in [0.25, 0.3) is 15.9 Å². The third-order valence-electron chi connectivity index (χ3n) is 4.91. The summed E-state index contributed by atoms with van der Waals surface area (Å²) in [4.78, 5) is 37.0. The van der Waals surface area contributed by atoms with Gasteiger partial charge in [-0.3, -0.25) is 9.59 Å². The Hall–Kier alpha value is -3.40. The van der Waals surface area contributed by atoms with Gasteiger partial charge in [-0.05, 0) is 49.1 Å². The number of sulfonamides is 1. The quantitative estimate of drug-likeness (QED) is 0.392. The highest BCUT2D eigenvalue weighted by atomic mass is 32.2. The van der Waals surface area contributed by atoms with Crippen molar-refractivity contribution in [2.24, 2.45) is 0 Å². The van der Waals surface area contributed by atoms with E-state index in [2.05, 4.69) is 16.6 Å². The number of carboxylic acids is 1. The molecule has 0 saturated heterocycles. The Morgan fingerprint density at radius 1 is 1.24 bits per heavy atom. The molecule has 33 heavy (non-hydrogen) atoms. The van der Waals surface area contributed by atoms with Gasteiger partial charge in [-0.25, -0.2) is 17.9 Å². The van der Waals surface area contributed by atoms with Crippen molar-refractivity contribution < 1.29 is 27.9 Å². The molecule has 1 aliphatic rings. The van der Waals surface area contributed by atoms with Crippen LogP contribution in [0.15, 0.2) is 65.2 Å². The van der Waals surface area contributed by atoms with E-state index in [0.717, 1.165) is 6.42 Å². The molecule has 0 saturated carbocycles. The number of amides is 2. The molecule has 1 aromatic carbocycles. The Morgan fingerprint density at radius 3 is 2.67 bits per heavy atom. The number of rotatable bonds is 12. The Balaban J connectivity index is 2.09. The van der Waals surface area contributed by atoms with Crippen LogP contribution in [0, 0.1) is 0 Å². The highest BCUT2D eigenvalue weighted by Gasteiger charge is 2.26. The largest absolute Gasteiger partial charge is 0.477 e. The average Bonchev–Trinajstić information content (AvgIpc) is 2.77. The van der Waals surface area contributed by atoms with Crippen molar-refractivity contribution in [3.05, 3.63) is 65.9 Å². The van der Waals surface area contributed by atoms with Crippen LogP contribution in [-0.2, 0) is 30.8 Å². The lowest BCUT2D eigenvalue weighted by atomic mass is 10.1. The van der Waals surface area contributed by atoms with Crippen LogP contribution < -0.4 is 10.0 Å². The summed E-state index contributed by atoms with van der Waals surface area (Å²) in [7, 11) is -4.15. The smallest absolute Gasteiger partial charge is 0.352 e.